The summed E-state index contributed by atoms with van der Waals surface area (Å²) in [6.45, 7) is 2.28. The fraction of sp³-hybridized carbons (Fsp3) is 0.462. The minimum Gasteiger partial charge on any atom is -0.466 e. The van der Waals surface area contributed by atoms with Gasteiger partial charge in [0.15, 0.2) is 0 Å². The van der Waals surface area contributed by atoms with Crippen LogP contribution in [0.2, 0.25) is 0 Å². The van der Waals surface area contributed by atoms with E-state index in [0.717, 1.165) is 31.1 Å². The molecule has 0 aliphatic carbocycles. The van der Waals surface area contributed by atoms with E-state index in [4.69, 9.17) is 4.74 Å². The summed E-state index contributed by atoms with van der Waals surface area (Å²) in [5.74, 6) is -2.06. The van der Waals surface area contributed by atoms with Crippen molar-refractivity contribution in [1.29, 1.82) is 0 Å². The second-order valence-electron chi connectivity index (χ2n) is 3.47. The van der Waals surface area contributed by atoms with Gasteiger partial charge < -0.3 is 14.2 Å². The lowest BCUT2D eigenvalue weighted by Gasteiger charge is -2.01. The maximum atomic E-state index is 11.3. The first-order valence-corrected chi connectivity index (χ1v) is 5.78. The van der Waals surface area contributed by atoms with Crippen LogP contribution in [0.1, 0.15) is 19.8 Å². The molecule has 0 bridgehead atoms. The Morgan fingerprint density at radius 1 is 1.00 bits per heavy atom. The van der Waals surface area contributed by atoms with Gasteiger partial charge in [-0.1, -0.05) is 13.3 Å². The van der Waals surface area contributed by atoms with E-state index < -0.39 is 17.9 Å². The molecule has 0 fully saturated rings. The topological polar surface area (TPSA) is 78.9 Å². The summed E-state index contributed by atoms with van der Waals surface area (Å²) in [5, 5.41) is 0. The Balaban J connectivity index is 4.64. The van der Waals surface area contributed by atoms with Crippen molar-refractivity contribution in [2.45, 2.75) is 19.8 Å². The summed E-state index contributed by atoms with van der Waals surface area (Å²) in [6.07, 6.45) is 4.81. The van der Waals surface area contributed by atoms with Gasteiger partial charge in [-0.2, -0.15) is 0 Å². The van der Waals surface area contributed by atoms with Crippen molar-refractivity contribution in [3.05, 3.63) is 23.8 Å². The van der Waals surface area contributed by atoms with Crippen LogP contribution in [-0.2, 0) is 28.6 Å². The fourth-order valence-electron chi connectivity index (χ4n) is 1.00. The van der Waals surface area contributed by atoms with Crippen molar-refractivity contribution in [3.63, 3.8) is 0 Å². The molecule has 0 aromatic heterocycles. The molecule has 0 N–H and O–H groups in total. The number of rotatable bonds is 7. The van der Waals surface area contributed by atoms with Crippen LogP contribution in [0.4, 0.5) is 0 Å². The zero-order valence-corrected chi connectivity index (χ0v) is 11.3. The van der Waals surface area contributed by atoms with Crippen molar-refractivity contribution >= 4 is 17.9 Å². The van der Waals surface area contributed by atoms with Crippen LogP contribution in [0.5, 0.6) is 0 Å². The predicted octanol–water partition coefficient (Wildman–Crippen LogP) is 1.16. The van der Waals surface area contributed by atoms with Gasteiger partial charge in [0.2, 0.25) is 0 Å². The lowest BCUT2D eigenvalue weighted by molar-refractivity contribution is -0.138. The van der Waals surface area contributed by atoms with Gasteiger partial charge in [0, 0.05) is 12.2 Å². The summed E-state index contributed by atoms with van der Waals surface area (Å²) in [7, 11) is 2.34. The molecule has 6 heteroatoms. The van der Waals surface area contributed by atoms with Crippen molar-refractivity contribution in [2.24, 2.45) is 0 Å². The molecule has 19 heavy (non-hydrogen) atoms. The van der Waals surface area contributed by atoms with E-state index in [0.29, 0.717) is 6.61 Å². The molecule has 0 aliphatic heterocycles. The van der Waals surface area contributed by atoms with Gasteiger partial charge in [0.1, 0.15) is 0 Å². The minimum atomic E-state index is -0.747. The predicted molar refractivity (Wildman–Crippen MR) is 67.1 cm³/mol. The van der Waals surface area contributed by atoms with Crippen LogP contribution in [0.15, 0.2) is 23.8 Å². The first-order valence-electron chi connectivity index (χ1n) is 5.78. The summed E-state index contributed by atoms with van der Waals surface area (Å²) >= 11 is 0. The maximum Gasteiger partial charge on any atom is 0.338 e. The Hall–Kier alpha value is -2.11. The van der Waals surface area contributed by atoms with E-state index in [9.17, 15) is 14.4 Å². The summed E-state index contributed by atoms with van der Waals surface area (Å²) in [4.78, 5) is 33.7. The van der Waals surface area contributed by atoms with Gasteiger partial charge in [-0.3, -0.25) is 0 Å². The Kier molecular flexibility index (Phi) is 8.78. The second kappa shape index (κ2) is 9.87. The van der Waals surface area contributed by atoms with Gasteiger partial charge in [-0.15, -0.1) is 0 Å². The highest BCUT2D eigenvalue weighted by Crippen LogP contribution is 2.02. The maximum absolute atomic E-state index is 11.3. The summed E-state index contributed by atoms with van der Waals surface area (Å²) in [6, 6.07) is 0. The van der Waals surface area contributed by atoms with Gasteiger partial charge in [-0.05, 0) is 12.5 Å². The SMILES string of the molecule is CCCCOC(=O)/C=C/C(=C/C(=O)OC)C(=O)OC. The molecular formula is C13H18O6. The molecule has 6 nitrogen and oxygen atoms in total. The molecule has 0 atom stereocenters. The zero-order valence-electron chi connectivity index (χ0n) is 11.3. The largest absolute Gasteiger partial charge is 0.466 e. The van der Waals surface area contributed by atoms with E-state index in [1.54, 1.807) is 0 Å². The van der Waals surface area contributed by atoms with Crippen LogP contribution in [-0.4, -0.2) is 38.7 Å². The lowest BCUT2D eigenvalue weighted by atomic mass is 10.2. The van der Waals surface area contributed by atoms with Gasteiger partial charge >= 0.3 is 17.9 Å². The Morgan fingerprint density at radius 3 is 2.21 bits per heavy atom. The molecule has 0 saturated carbocycles. The number of ether oxygens (including phenoxy) is 3. The number of esters is 3. The van der Waals surface area contributed by atoms with Crippen LogP contribution in [0.25, 0.3) is 0 Å². The molecule has 0 unspecified atom stereocenters. The van der Waals surface area contributed by atoms with E-state index in [2.05, 4.69) is 9.47 Å². The lowest BCUT2D eigenvalue weighted by Crippen LogP contribution is -2.08. The fourth-order valence-corrected chi connectivity index (χ4v) is 1.00. The molecule has 0 aromatic rings. The van der Waals surface area contributed by atoms with E-state index in [-0.39, 0.29) is 5.57 Å². The van der Waals surface area contributed by atoms with E-state index >= 15 is 0 Å². The van der Waals surface area contributed by atoms with Gasteiger partial charge in [0.25, 0.3) is 0 Å². The number of unbranched alkanes of at least 4 members (excludes halogenated alkanes) is 1. The molecule has 0 rings (SSSR count). The molecule has 0 amide bonds. The number of hydrogen-bond donors (Lipinski definition) is 0. The van der Waals surface area contributed by atoms with Crippen LogP contribution >= 0.6 is 0 Å². The van der Waals surface area contributed by atoms with Gasteiger partial charge in [-0.25, -0.2) is 14.4 Å². The summed E-state index contributed by atoms with van der Waals surface area (Å²) in [5.41, 5.74) is -0.0956. The van der Waals surface area contributed by atoms with Crippen molar-refractivity contribution in [2.75, 3.05) is 20.8 Å². The van der Waals surface area contributed by atoms with Crippen LogP contribution in [0, 0.1) is 0 Å². The van der Waals surface area contributed by atoms with Crippen molar-refractivity contribution < 1.29 is 28.6 Å². The van der Waals surface area contributed by atoms with Crippen molar-refractivity contribution in [3.8, 4) is 0 Å². The van der Waals surface area contributed by atoms with Crippen molar-refractivity contribution in [1.82, 2.24) is 0 Å². The highest BCUT2D eigenvalue weighted by molar-refractivity contribution is 5.99. The average molecular weight is 270 g/mol. The average Bonchev–Trinajstić information content (AvgIpc) is 2.42. The number of hydrogen-bond acceptors (Lipinski definition) is 6. The standard InChI is InChI=1S/C13H18O6/c1-4-5-8-19-11(14)7-6-10(13(16)18-3)9-12(15)17-2/h6-7,9H,4-5,8H2,1-3H3/b7-6+,10-9-. The quantitative estimate of drug-likeness (QED) is 0.227. The molecule has 0 heterocycles. The third-order valence-corrected chi connectivity index (χ3v) is 2.04. The molecule has 106 valence electrons. The first kappa shape index (κ1) is 16.9. The number of methoxy groups -OCH3 is 2. The molecule has 0 radical (unpaired) electrons. The van der Waals surface area contributed by atoms with E-state index in [1.165, 1.54) is 14.2 Å². The molecule has 0 aromatic carbocycles. The highest BCUT2D eigenvalue weighted by atomic mass is 16.5. The number of carbonyl (C=O) groups is 3. The third-order valence-electron chi connectivity index (χ3n) is 2.04. The summed E-state index contributed by atoms with van der Waals surface area (Å²) < 4.78 is 13.7. The molecular weight excluding hydrogens is 252 g/mol. The second-order valence-corrected chi connectivity index (χ2v) is 3.47. The molecule has 0 aliphatic rings. The Labute approximate surface area is 112 Å². The smallest absolute Gasteiger partial charge is 0.338 e. The van der Waals surface area contributed by atoms with Crippen LogP contribution in [0.3, 0.4) is 0 Å². The first-order chi connectivity index (χ1) is 9.04. The minimum absolute atomic E-state index is 0.0956. The van der Waals surface area contributed by atoms with E-state index in [1.807, 2.05) is 6.92 Å². The third kappa shape index (κ3) is 7.75. The normalized spacial score (nSPS) is 11.2. The molecule has 0 spiro atoms. The molecule has 0 saturated heterocycles. The monoisotopic (exact) mass is 270 g/mol. The number of carbonyl (C=O) groups excluding carboxylic acids is 3. The zero-order chi connectivity index (χ0) is 14.7. The highest BCUT2D eigenvalue weighted by Gasteiger charge is 2.09. The van der Waals surface area contributed by atoms with Gasteiger partial charge in [0.05, 0.1) is 26.4 Å². The Bertz CT molecular complexity index is 381. The Morgan fingerprint density at radius 2 is 1.68 bits per heavy atom. The van der Waals surface area contributed by atoms with Crippen LogP contribution < -0.4 is 0 Å².